The van der Waals surface area contributed by atoms with Crippen LogP contribution in [0.15, 0.2) is 24.4 Å². The summed E-state index contributed by atoms with van der Waals surface area (Å²) >= 11 is 6.00. The number of nitrogens with one attached hydrogen (secondary N) is 1. The Hall–Kier alpha value is -2.01. The zero-order valence-electron chi connectivity index (χ0n) is 13.1. The lowest BCUT2D eigenvalue weighted by Crippen LogP contribution is -2.25. The number of hydrogen-bond donors (Lipinski definition) is 1. The van der Waals surface area contributed by atoms with E-state index >= 15 is 0 Å². The summed E-state index contributed by atoms with van der Waals surface area (Å²) in [6.07, 6.45) is 4.81. The summed E-state index contributed by atoms with van der Waals surface area (Å²) in [7, 11) is 0. The van der Waals surface area contributed by atoms with Crippen molar-refractivity contribution in [2.45, 2.75) is 39.3 Å². The maximum atomic E-state index is 12.5. The second kappa shape index (κ2) is 7.04. The van der Waals surface area contributed by atoms with Crippen molar-refractivity contribution in [2.75, 3.05) is 6.61 Å². The monoisotopic (exact) mass is 333 g/mol. The Labute approximate surface area is 140 Å². The van der Waals surface area contributed by atoms with Crippen LogP contribution in [0.2, 0.25) is 5.02 Å². The molecule has 0 saturated carbocycles. The van der Waals surface area contributed by atoms with Crippen molar-refractivity contribution < 1.29 is 9.53 Å². The van der Waals surface area contributed by atoms with Crippen molar-refractivity contribution in [3.8, 4) is 5.75 Å². The Bertz CT molecular complexity index is 712. The van der Waals surface area contributed by atoms with Crippen LogP contribution >= 0.6 is 11.6 Å². The lowest BCUT2D eigenvalue weighted by Gasteiger charge is -2.15. The third-order valence-electron chi connectivity index (χ3n) is 4.00. The summed E-state index contributed by atoms with van der Waals surface area (Å²) < 4.78 is 7.52. The van der Waals surface area contributed by atoms with Gasteiger partial charge in [-0.15, -0.1) is 0 Å². The SMILES string of the molecule is CCOc1cc(Cl)ccc1CNC(=O)c1cnn2c1CCCC2. The van der Waals surface area contributed by atoms with Crippen molar-refractivity contribution in [3.63, 3.8) is 0 Å². The molecular formula is C17H20ClN3O2. The molecule has 0 fully saturated rings. The maximum Gasteiger partial charge on any atom is 0.255 e. The fourth-order valence-corrected chi connectivity index (χ4v) is 3.01. The number of rotatable bonds is 5. The number of carbonyl (C=O) groups is 1. The number of benzene rings is 1. The molecule has 2 heterocycles. The maximum absolute atomic E-state index is 12.5. The molecule has 0 unspecified atom stereocenters. The average Bonchev–Trinajstić information content (AvgIpc) is 2.98. The topological polar surface area (TPSA) is 56.1 Å². The van der Waals surface area contributed by atoms with E-state index in [-0.39, 0.29) is 5.91 Å². The Morgan fingerprint density at radius 1 is 1.43 bits per heavy atom. The first kappa shape index (κ1) is 15.9. The van der Waals surface area contributed by atoms with Gasteiger partial charge in [0.05, 0.1) is 24.1 Å². The summed E-state index contributed by atoms with van der Waals surface area (Å²) in [6, 6.07) is 5.45. The van der Waals surface area contributed by atoms with E-state index < -0.39 is 0 Å². The summed E-state index contributed by atoms with van der Waals surface area (Å²) in [6.45, 7) is 3.77. The summed E-state index contributed by atoms with van der Waals surface area (Å²) in [5, 5.41) is 7.88. The van der Waals surface area contributed by atoms with Crippen LogP contribution in [0.1, 0.15) is 41.4 Å². The molecule has 0 spiro atoms. The molecule has 0 atom stereocenters. The summed E-state index contributed by atoms with van der Waals surface area (Å²) in [5.74, 6) is 0.614. The number of carbonyl (C=O) groups excluding carboxylic acids is 1. The third kappa shape index (κ3) is 3.50. The molecule has 0 radical (unpaired) electrons. The van der Waals surface area contributed by atoms with Gasteiger partial charge in [-0.2, -0.15) is 5.10 Å². The number of nitrogens with zero attached hydrogens (tertiary/aromatic N) is 2. The zero-order chi connectivity index (χ0) is 16.2. The van der Waals surface area contributed by atoms with Crippen LogP contribution < -0.4 is 10.1 Å². The number of hydrogen-bond acceptors (Lipinski definition) is 3. The molecular weight excluding hydrogens is 314 g/mol. The lowest BCUT2D eigenvalue weighted by atomic mass is 10.1. The number of aromatic nitrogens is 2. The second-order valence-electron chi connectivity index (χ2n) is 5.55. The average molecular weight is 334 g/mol. The van der Waals surface area contributed by atoms with Gasteiger partial charge in [0.1, 0.15) is 5.75 Å². The van der Waals surface area contributed by atoms with E-state index in [4.69, 9.17) is 16.3 Å². The van der Waals surface area contributed by atoms with E-state index in [0.29, 0.717) is 29.5 Å². The minimum Gasteiger partial charge on any atom is -0.493 e. The van der Waals surface area contributed by atoms with E-state index in [1.165, 1.54) is 0 Å². The zero-order valence-corrected chi connectivity index (χ0v) is 13.9. The van der Waals surface area contributed by atoms with E-state index in [9.17, 15) is 4.79 Å². The molecule has 122 valence electrons. The van der Waals surface area contributed by atoms with Gasteiger partial charge in [0.25, 0.3) is 5.91 Å². The molecule has 1 N–H and O–H groups in total. The Balaban J connectivity index is 1.71. The molecule has 1 aliphatic rings. The van der Waals surface area contributed by atoms with Gasteiger partial charge < -0.3 is 10.1 Å². The van der Waals surface area contributed by atoms with Crippen molar-refractivity contribution >= 4 is 17.5 Å². The number of aryl methyl sites for hydroxylation is 1. The Morgan fingerprint density at radius 3 is 3.13 bits per heavy atom. The molecule has 2 aromatic rings. The smallest absolute Gasteiger partial charge is 0.255 e. The first-order chi connectivity index (χ1) is 11.2. The number of halogens is 1. The van der Waals surface area contributed by atoms with Gasteiger partial charge in [-0.1, -0.05) is 17.7 Å². The van der Waals surface area contributed by atoms with Gasteiger partial charge in [-0.25, -0.2) is 0 Å². The Morgan fingerprint density at radius 2 is 2.30 bits per heavy atom. The van der Waals surface area contributed by atoms with Crippen molar-refractivity contribution in [2.24, 2.45) is 0 Å². The first-order valence-electron chi connectivity index (χ1n) is 7.93. The normalized spacial score (nSPS) is 13.5. The predicted octanol–water partition coefficient (Wildman–Crippen LogP) is 3.20. The van der Waals surface area contributed by atoms with Crippen LogP contribution in [0.4, 0.5) is 0 Å². The fraction of sp³-hybridized carbons (Fsp3) is 0.412. The standard InChI is InChI=1S/C17H20ClN3O2/c1-2-23-16-9-13(18)7-6-12(16)10-19-17(22)14-11-20-21-8-4-3-5-15(14)21/h6-7,9,11H,2-5,8,10H2,1H3,(H,19,22). The van der Waals surface area contributed by atoms with Crippen LogP contribution in [0, 0.1) is 0 Å². The molecule has 3 rings (SSSR count). The highest BCUT2D eigenvalue weighted by Crippen LogP contribution is 2.24. The van der Waals surface area contributed by atoms with Crippen LogP contribution in [-0.4, -0.2) is 22.3 Å². The quantitative estimate of drug-likeness (QED) is 0.914. The lowest BCUT2D eigenvalue weighted by molar-refractivity contribution is 0.0949. The van der Waals surface area contributed by atoms with Crippen LogP contribution in [0.3, 0.4) is 0 Å². The van der Waals surface area contributed by atoms with Gasteiger partial charge in [-0.05, 0) is 38.3 Å². The molecule has 0 aliphatic carbocycles. The van der Waals surface area contributed by atoms with Gasteiger partial charge in [0.2, 0.25) is 0 Å². The molecule has 6 heteroatoms. The highest BCUT2D eigenvalue weighted by Gasteiger charge is 2.19. The molecule has 5 nitrogen and oxygen atoms in total. The van der Waals surface area contributed by atoms with E-state index in [0.717, 1.165) is 37.1 Å². The van der Waals surface area contributed by atoms with Crippen LogP contribution in [0.5, 0.6) is 5.75 Å². The minimum atomic E-state index is -0.0921. The van der Waals surface area contributed by atoms with Crippen molar-refractivity contribution in [3.05, 3.63) is 46.2 Å². The van der Waals surface area contributed by atoms with Crippen LogP contribution in [0.25, 0.3) is 0 Å². The Kier molecular flexibility index (Phi) is 4.86. The molecule has 23 heavy (non-hydrogen) atoms. The fourth-order valence-electron chi connectivity index (χ4n) is 2.85. The summed E-state index contributed by atoms with van der Waals surface area (Å²) in [4.78, 5) is 12.5. The first-order valence-corrected chi connectivity index (χ1v) is 8.31. The molecule has 1 aliphatic heterocycles. The minimum absolute atomic E-state index is 0.0921. The molecule has 0 saturated heterocycles. The van der Waals surface area contributed by atoms with Gasteiger partial charge >= 0.3 is 0 Å². The molecule has 0 bridgehead atoms. The van der Waals surface area contributed by atoms with Crippen molar-refractivity contribution in [1.82, 2.24) is 15.1 Å². The van der Waals surface area contributed by atoms with Gasteiger partial charge in [0.15, 0.2) is 0 Å². The van der Waals surface area contributed by atoms with E-state index in [1.54, 1.807) is 18.3 Å². The predicted molar refractivity (Wildman–Crippen MR) is 89.0 cm³/mol. The molecule has 1 amide bonds. The highest BCUT2D eigenvalue weighted by molar-refractivity contribution is 6.30. The molecule has 1 aromatic heterocycles. The van der Waals surface area contributed by atoms with E-state index in [1.807, 2.05) is 17.7 Å². The van der Waals surface area contributed by atoms with Crippen LogP contribution in [-0.2, 0) is 19.5 Å². The number of ether oxygens (including phenoxy) is 1. The highest BCUT2D eigenvalue weighted by atomic mass is 35.5. The third-order valence-corrected chi connectivity index (χ3v) is 4.23. The summed E-state index contributed by atoms with van der Waals surface area (Å²) in [5.41, 5.74) is 2.62. The van der Waals surface area contributed by atoms with E-state index in [2.05, 4.69) is 10.4 Å². The van der Waals surface area contributed by atoms with Gasteiger partial charge in [0, 0.05) is 23.7 Å². The number of amides is 1. The number of fused-ring (bicyclic) bond motifs is 1. The second-order valence-corrected chi connectivity index (χ2v) is 5.99. The van der Waals surface area contributed by atoms with Crippen molar-refractivity contribution in [1.29, 1.82) is 0 Å². The van der Waals surface area contributed by atoms with Gasteiger partial charge in [-0.3, -0.25) is 9.48 Å². The largest absolute Gasteiger partial charge is 0.493 e. The molecule has 1 aromatic carbocycles.